The second-order valence-corrected chi connectivity index (χ2v) is 9.80. The molecule has 0 N–H and O–H groups in total. The lowest BCUT2D eigenvalue weighted by Crippen LogP contribution is -2.58. The Morgan fingerprint density at radius 3 is 2.65 bits per heavy atom. The zero-order valence-corrected chi connectivity index (χ0v) is 20.7. The van der Waals surface area contributed by atoms with Crippen molar-refractivity contribution in [3.63, 3.8) is 0 Å². The number of nitrogens with zero attached hydrogens (tertiary/aromatic N) is 2. The van der Waals surface area contributed by atoms with Crippen LogP contribution >= 0.6 is 11.6 Å². The number of carbonyl (C=O) groups excluding carboxylic acids is 2. The molecule has 0 bridgehead atoms. The van der Waals surface area contributed by atoms with Gasteiger partial charge in [-0.05, 0) is 49.9 Å². The van der Waals surface area contributed by atoms with E-state index >= 15 is 0 Å². The third kappa shape index (κ3) is 6.62. The van der Waals surface area contributed by atoms with Crippen molar-refractivity contribution >= 4 is 23.4 Å². The predicted octanol–water partition coefficient (Wildman–Crippen LogP) is 2.83. The Bertz CT molecular complexity index is 856. The molecule has 0 unspecified atom stereocenters. The van der Waals surface area contributed by atoms with Crippen molar-refractivity contribution in [3.8, 4) is 5.75 Å². The van der Waals surface area contributed by atoms with E-state index in [1.54, 1.807) is 17.0 Å². The van der Waals surface area contributed by atoms with Gasteiger partial charge in [-0.15, -0.1) is 0 Å². The Labute approximate surface area is 206 Å². The highest BCUT2D eigenvalue weighted by atomic mass is 35.5. The Hall–Kier alpha value is -1.87. The quantitative estimate of drug-likeness (QED) is 0.553. The van der Waals surface area contributed by atoms with Gasteiger partial charge in [-0.25, -0.2) is 0 Å². The topological polar surface area (TPSA) is 77.5 Å². The molecule has 1 aromatic rings. The number of rotatable bonds is 8. The molecule has 3 heterocycles. The van der Waals surface area contributed by atoms with Crippen molar-refractivity contribution in [2.75, 3.05) is 59.2 Å². The Morgan fingerprint density at radius 2 is 1.91 bits per heavy atom. The van der Waals surface area contributed by atoms with Gasteiger partial charge in [0.1, 0.15) is 18.0 Å². The number of amides is 2. The summed E-state index contributed by atoms with van der Waals surface area (Å²) >= 11 is 6.15. The van der Waals surface area contributed by atoms with Gasteiger partial charge in [-0.2, -0.15) is 0 Å². The second-order valence-electron chi connectivity index (χ2n) is 9.39. The SMILES string of the molecule is Cc1cc(OC[C@]2(CC(=O)N3CCOCC3)CN(C(=O)CC[C@H]3CCCO3)CCO2)ccc1Cl. The highest BCUT2D eigenvalue weighted by Crippen LogP contribution is 2.28. The highest BCUT2D eigenvalue weighted by molar-refractivity contribution is 6.31. The Morgan fingerprint density at radius 1 is 1.12 bits per heavy atom. The first-order valence-corrected chi connectivity index (χ1v) is 12.6. The normalized spacial score (nSPS) is 25.4. The lowest BCUT2D eigenvalue weighted by Gasteiger charge is -2.43. The van der Waals surface area contributed by atoms with Gasteiger partial charge in [-0.3, -0.25) is 9.59 Å². The molecule has 3 aliphatic rings. The summed E-state index contributed by atoms with van der Waals surface area (Å²) in [5, 5.41) is 0.668. The van der Waals surface area contributed by atoms with E-state index in [0.29, 0.717) is 63.2 Å². The van der Waals surface area contributed by atoms with E-state index in [2.05, 4.69) is 0 Å². The fraction of sp³-hybridized carbons (Fsp3) is 0.680. The maximum Gasteiger partial charge on any atom is 0.225 e. The van der Waals surface area contributed by atoms with E-state index in [4.69, 9.17) is 30.5 Å². The summed E-state index contributed by atoms with van der Waals surface area (Å²) in [6, 6.07) is 5.47. The van der Waals surface area contributed by atoms with Crippen LogP contribution in [0.3, 0.4) is 0 Å². The van der Waals surface area contributed by atoms with Crippen LogP contribution in [0, 0.1) is 6.92 Å². The fourth-order valence-corrected chi connectivity index (χ4v) is 4.86. The van der Waals surface area contributed by atoms with E-state index in [1.807, 2.05) is 17.9 Å². The summed E-state index contributed by atoms with van der Waals surface area (Å²) in [5.41, 5.74) is -0.00569. The van der Waals surface area contributed by atoms with E-state index in [1.165, 1.54) is 0 Å². The maximum absolute atomic E-state index is 13.2. The molecule has 3 fully saturated rings. The van der Waals surface area contributed by atoms with Crippen LogP contribution in [-0.4, -0.2) is 92.5 Å². The average molecular weight is 495 g/mol. The van der Waals surface area contributed by atoms with Crippen LogP contribution in [0.2, 0.25) is 5.02 Å². The molecule has 34 heavy (non-hydrogen) atoms. The first-order chi connectivity index (χ1) is 16.4. The van der Waals surface area contributed by atoms with E-state index in [0.717, 1.165) is 31.4 Å². The summed E-state index contributed by atoms with van der Waals surface area (Å²) < 4.78 is 23.4. The minimum Gasteiger partial charge on any atom is -0.490 e. The van der Waals surface area contributed by atoms with Crippen LogP contribution in [0.5, 0.6) is 5.75 Å². The number of ether oxygens (including phenoxy) is 4. The van der Waals surface area contributed by atoms with E-state index < -0.39 is 5.60 Å². The number of aryl methyl sites for hydroxylation is 1. The molecule has 0 spiro atoms. The molecule has 8 nitrogen and oxygen atoms in total. The van der Waals surface area contributed by atoms with Gasteiger partial charge in [0, 0.05) is 37.7 Å². The Kier molecular flexibility index (Phi) is 8.69. The molecule has 3 aliphatic heterocycles. The van der Waals surface area contributed by atoms with Crippen molar-refractivity contribution in [1.29, 1.82) is 0 Å². The molecule has 3 saturated heterocycles. The molecule has 9 heteroatoms. The minimum atomic E-state index is -0.916. The molecule has 0 saturated carbocycles. The van der Waals surface area contributed by atoms with Gasteiger partial charge >= 0.3 is 0 Å². The highest BCUT2D eigenvalue weighted by Gasteiger charge is 2.42. The van der Waals surface area contributed by atoms with Crippen molar-refractivity contribution in [2.24, 2.45) is 0 Å². The molecule has 0 aromatic heterocycles. The summed E-state index contributed by atoms with van der Waals surface area (Å²) in [4.78, 5) is 29.8. The van der Waals surface area contributed by atoms with Crippen LogP contribution in [-0.2, 0) is 23.8 Å². The molecule has 188 valence electrons. The molecular formula is C25H35ClN2O6. The first kappa shape index (κ1) is 25.2. The van der Waals surface area contributed by atoms with Crippen molar-refractivity contribution < 1.29 is 28.5 Å². The lowest BCUT2D eigenvalue weighted by molar-refractivity contribution is -0.167. The van der Waals surface area contributed by atoms with Crippen LogP contribution in [0.25, 0.3) is 0 Å². The number of hydrogen-bond acceptors (Lipinski definition) is 6. The monoisotopic (exact) mass is 494 g/mol. The summed E-state index contributed by atoms with van der Waals surface area (Å²) in [5.74, 6) is 0.725. The van der Waals surface area contributed by atoms with E-state index in [-0.39, 0.29) is 30.9 Å². The Balaban J connectivity index is 1.44. The van der Waals surface area contributed by atoms with Crippen LogP contribution in [0.15, 0.2) is 18.2 Å². The predicted molar refractivity (Wildman–Crippen MR) is 127 cm³/mol. The number of carbonyl (C=O) groups is 2. The maximum atomic E-state index is 13.2. The lowest BCUT2D eigenvalue weighted by atomic mass is 9.96. The number of hydrogen-bond donors (Lipinski definition) is 0. The number of benzene rings is 1. The molecular weight excluding hydrogens is 460 g/mol. The molecule has 4 rings (SSSR count). The van der Waals surface area contributed by atoms with Crippen LogP contribution < -0.4 is 4.74 Å². The number of halogens is 1. The van der Waals surface area contributed by atoms with Crippen molar-refractivity contribution in [3.05, 3.63) is 28.8 Å². The fourth-order valence-electron chi connectivity index (χ4n) is 4.74. The molecule has 2 amide bonds. The zero-order valence-electron chi connectivity index (χ0n) is 19.9. The zero-order chi connectivity index (χ0) is 24.0. The number of morpholine rings is 2. The minimum absolute atomic E-state index is 0.00663. The van der Waals surface area contributed by atoms with E-state index in [9.17, 15) is 9.59 Å². The smallest absolute Gasteiger partial charge is 0.225 e. The first-order valence-electron chi connectivity index (χ1n) is 12.2. The second kappa shape index (κ2) is 11.7. The van der Waals surface area contributed by atoms with Crippen LogP contribution in [0.4, 0.5) is 0 Å². The third-order valence-electron chi connectivity index (χ3n) is 6.77. The summed E-state index contributed by atoms with van der Waals surface area (Å²) in [6.45, 7) is 6.26. The molecule has 2 atom stereocenters. The van der Waals surface area contributed by atoms with Gasteiger partial charge < -0.3 is 28.7 Å². The average Bonchev–Trinajstić information content (AvgIpc) is 3.38. The van der Waals surface area contributed by atoms with Gasteiger partial charge in [0.15, 0.2) is 0 Å². The summed E-state index contributed by atoms with van der Waals surface area (Å²) in [6.07, 6.45) is 3.57. The van der Waals surface area contributed by atoms with Crippen LogP contribution in [0.1, 0.15) is 37.7 Å². The molecule has 0 radical (unpaired) electrons. The largest absolute Gasteiger partial charge is 0.490 e. The van der Waals surface area contributed by atoms with Gasteiger partial charge in [0.05, 0.1) is 38.9 Å². The molecule has 0 aliphatic carbocycles. The van der Waals surface area contributed by atoms with Gasteiger partial charge in [-0.1, -0.05) is 11.6 Å². The third-order valence-corrected chi connectivity index (χ3v) is 7.20. The molecule has 1 aromatic carbocycles. The summed E-state index contributed by atoms with van der Waals surface area (Å²) in [7, 11) is 0. The van der Waals surface area contributed by atoms with Crippen molar-refractivity contribution in [1.82, 2.24) is 9.80 Å². The van der Waals surface area contributed by atoms with Gasteiger partial charge in [0.25, 0.3) is 0 Å². The standard InChI is InChI=1S/C25H35ClN2O6/c1-19-15-21(4-6-22(19)26)33-18-25(16-24(30)27-8-12-31-13-9-27)17-28(10-14-34-25)23(29)7-5-20-3-2-11-32-20/h4,6,15,20H,2-3,5,7-14,16-18H2,1H3/t20-,25+/m1/s1. The van der Waals surface area contributed by atoms with Gasteiger partial charge in [0.2, 0.25) is 11.8 Å². The van der Waals surface area contributed by atoms with Crippen molar-refractivity contribution in [2.45, 2.75) is 50.7 Å².